The number of hydrogen-bond acceptors (Lipinski definition) is 3. The van der Waals surface area contributed by atoms with Crippen molar-refractivity contribution in [1.29, 1.82) is 0 Å². The Kier molecular flexibility index (Phi) is 9.28. The first-order chi connectivity index (χ1) is 8.96. The molecule has 0 aliphatic heterocycles. The second-order valence-corrected chi connectivity index (χ2v) is 5.22. The Balaban J connectivity index is 4.54. The maximum Gasteiger partial charge on any atom is 0.240 e. The fraction of sp³-hybridized carbons (Fsp3) is 0.800. The normalized spacial score (nSPS) is 12.5. The summed E-state index contributed by atoms with van der Waals surface area (Å²) in [5, 5.41) is 0. The number of carbonyl (C=O) groups excluding carboxylic acids is 1. The molecule has 0 aliphatic rings. The third-order valence-electron chi connectivity index (χ3n) is 3.13. The highest BCUT2D eigenvalue weighted by molar-refractivity contribution is 5.82. The van der Waals surface area contributed by atoms with Gasteiger partial charge in [0.05, 0.1) is 6.04 Å². The zero-order valence-corrected chi connectivity index (χ0v) is 12.9. The molecule has 0 aromatic heterocycles. The standard InChI is InChI=1S/C15H29N3O/c1-6-9-14(16)15(19)18(12-13(4)5)11-10-17(7-2)8-3/h1,13-14H,7-12,16H2,2-5H3. The number of nitrogens with two attached hydrogens (primary N) is 1. The molecule has 0 aromatic carbocycles. The number of terminal acetylenes is 1. The lowest BCUT2D eigenvalue weighted by Crippen LogP contribution is -2.47. The molecule has 4 nitrogen and oxygen atoms in total. The van der Waals surface area contributed by atoms with Crippen molar-refractivity contribution in [2.45, 2.75) is 40.2 Å². The van der Waals surface area contributed by atoms with Crippen LogP contribution in [0.4, 0.5) is 0 Å². The minimum absolute atomic E-state index is 0.0289. The van der Waals surface area contributed by atoms with Crippen molar-refractivity contribution in [2.75, 3.05) is 32.7 Å². The average Bonchev–Trinajstić information content (AvgIpc) is 2.37. The van der Waals surface area contributed by atoms with E-state index in [-0.39, 0.29) is 5.91 Å². The van der Waals surface area contributed by atoms with Gasteiger partial charge in [-0.2, -0.15) is 0 Å². The topological polar surface area (TPSA) is 49.6 Å². The maximum atomic E-state index is 12.2. The summed E-state index contributed by atoms with van der Waals surface area (Å²) >= 11 is 0. The minimum Gasteiger partial charge on any atom is -0.340 e. The number of carbonyl (C=O) groups is 1. The van der Waals surface area contributed by atoms with Gasteiger partial charge >= 0.3 is 0 Å². The number of rotatable bonds is 9. The highest BCUT2D eigenvalue weighted by Crippen LogP contribution is 2.03. The van der Waals surface area contributed by atoms with Crippen LogP contribution in [0, 0.1) is 18.3 Å². The predicted molar refractivity (Wildman–Crippen MR) is 80.6 cm³/mol. The lowest BCUT2D eigenvalue weighted by molar-refractivity contribution is -0.133. The van der Waals surface area contributed by atoms with Gasteiger partial charge in [0.1, 0.15) is 0 Å². The molecule has 0 radical (unpaired) electrons. The molecule has 4 heteroatoms. The summed E-state index contributed by atoms with van der Waals surface area (Å²) < 4.78 is 0. The summed E-state index contributed by atoms with van der Waals surface area (Å²) in [6.45, 7) is 12.8. The second-order valence-electron chi connectivity index (χ2n) is 5.22. The Bertz CT molecular complexity index is 292. The summed E-state index contributed by atoms with van der Waals surface area (Å²) in [4.78, 5) is 16.4. The van der Waals surface area contributed by atoms with Crippen LogP contribution in [0.5, 0.6) is 0 Å². The zero-order valence-electron chi connectivity index (χ0n) is 12.9. The first-order valence-electron chi connectivity index (χ1n) is 7.16. The van der Waals surface area contributed by atoms with Gasteiger partial charge in [-0.1, -0.05) is 27.7 Å². The smallest absolute Gasteiger partial charge is 0.240 e. The fourth-order valence-electron chi connectivity index (χ4n) is 1.98. The van der Waals surface area contributed by atoms with Gasteiger partial charge in [-0.3, -0.25) is 4.79 Å². The van der Waals surface area contributed by atoms with E-state index in [1.807, 2.05) is 4.90 Å². The fourth-order valence-corrected chi connectivity index (χ4v) is 1.98. The molecule has 0 saturated heterocycles. The van der Waals surface area contributed by atoms with Gasteiger partial charge in [0, 0.05) is 26.1 Å². The van der Waals surface area contributed by atoms with E-state index in [1.54, 1.807) is 0 Å². The van der Waals surface area contributed by atoms with E-state index in [0.29, 0.717) is 12.3 Å². The van der Waals surface area contributed by atoms with Crippen LogP contribution in [0.3, 0.4) is 0 Å². The van der Waals surface area contributed by atoms with Gasteiger partial charge < -0.3 is 15.5 Å². The van der Waals surface area contributed by atoms with Crippen LogP contribution in [0.25, 0.3) is 0 Å². The summed E-state index contributed by atoms with van der Waals surface area (Å²) in [6, 6.07) is -0.569. The summed E-state index contributed by atoms with van der Waals surface area (Å²) in [6.07, 6.45) is 5.53. The molecule has 0 aliphatic carbocycles. The molecule has 2 N–H and O–H groups in total. The van der Waals surface area contributed by atoms with E-state index in [2.05, 4.69) is 38.5 Å². The van der Waals surface area contributed by atoms with Crippen molar-refractivity contribution in [3.8, 4) is 12.3 Å². The van der Waals surface area contributed by atoms with Crippen LogP contribution >= 0.6 is 0 Å². The molecular weight excluding hydrogens is 238 g/mol. The third kappa shape index (κ3) is 7.19. The van der Waals surface area contributed by atoms with Crippen LogP contribution in [0.1, 0.15) is 34.1 Å². The monoisotopic (exact) mass is 267 g/mol. The Labute approximate surface area is 118 Å². The molecule has 1 unspecified atom stereocenters. The Morgan fingerprint density at radius 3 is 2.26 bits per heavy atom. The van der Waals surface area contributed by atoms with Crippen LogP contribution in [0.2, 0.25) is 0 Å². The van der Waals surface area contributed by atoms with E-state index >= 15 is 0 Å². The summed E-state index contributed by atoms with van der Waals surface area (Å²) in [5.74, 6) is 2.86. The molecule has 0 aromatic rings. The van der Waals surface area contributed by atoms with E-state index < -0.39 is 6.04 Å². The van der Waals surface area contributed by atoms with E-state index in [9.17, 15) is 4.79 Å². The quantitative estimate of drug-likeness (QED) is 0.638. The Morgan fingerprint density at radius 2 is 1.84 bits per heavy atom. The van der Waals surface area contributed by atoms with Crippen molar-refractivity contribution in [1.82, 2.24) is 9.80 Å². The number of amides is 1. The van der Waals surface area contributed by atoms with Crippen LogP contribution < -0.4 is 5.73 Å². The summed E-state index contributed by atoms with van der Waals surface area (Å²) in [5.41, 5.74) is 5.83. The molecule has 0 fully saturated rings. The highest BCUT2D eigenvalue weighted by atomic mass is 16.2. The first kappa shape index (κ1) is 17.9. The van der Waals surface area contributed by atoms with E-state index in [1.165, 1.54) is 0 Å². The lowest BCUT2D eigenvalue weighted by atomic mass is 10.1. The van der Waals surface area contributed by atoms with Crippen molar-refractivity contribution in [3.63, 3.8) is 0 Å². The van der Waals surface area contributed by atoms with Crippen molar-refractivity contribution >= 4 is 5.91 Å². The van der Waals surface area contributed by atoms with Crippen LogP contribution in [0.15, 0.2) is 0 Å². The Hall–Kier alpha value is -1.05. The van der Waals surface area contributed by atoms with Gasteiger partial charge in [0.25, 0.3) is 0 Å². The first-order valence-corrected chi connectivity index (χ1v) is 7.16. The van der Waals surface area contributed by atoms with Gasteiger partial charge in [0.15, 0.2) is 0 Å². The van der Waals surface area contributed by atoms with Crippen molar-refractivity contribution < 1.29 is 4.79 Å². The molecule has 110 valence electrons. The molecule has 0 heterocycles. The third-order valence-corrected chi connectivity index (χ3v) is 3.13. The molecule has 19 heavy (non-hydrogen) atoms. The van der Waals surface area contributed by atoms with Crippen LogP contribution in [-0.2, 0) is 4.79 Å². The molecule has 0 spiro atoms. The number of nitrogens with zero attached hydrogens (tertiary/aromatic N) is 2. The van der Waals surface area contributed by atoms with E-state index in [0.717, 1.165) is 32.7 Å². The second kappa shape index (κ2) is 9.82. The minimum atomic E-state index is -0.569. The highest BCUT2D eigenvalue weighted by Gasteiger charge is 2.21. The van der Waals surface area contributed by atoms with Gasteiger partial charge in [0.2, 0.25) is 5.91 Å². The molecule has 0 bridgehead atoms. The average molecular weight is 267 g/mol. The molecule has 0 saturated carbocycles. The van der Waals surface area contributed by atoms with Gasteiger partial charge in [-0.15, -0.1) is 12.3 Å². The SMILES string of the molecule is C#CCC(N)C(=O)N(CCN(CC)CC)CC(C)C. The number of hydrogen-bond donors (Lipinski definition) is 1. The van der Waals surface area contributed by atoms with Crippen molar-refractivity contribution in [3.05, 3.63) is 0 Å². The van der Waals surface area contributed by atoms with Gasteiger partial charge in [-0.05, 0) is 19.0 Å². The lowest BCUT2D eigenvalue weighted by Gasteiger charge is -2.29. The van der Waals surface area contributed by atoms with Crippen molar-refractivity contribution in [2.24, 2.45) is 11.7 Å². The van der Waals surface area contributed by atoms with Gasteiger partial charge in [-0.25, -0.2) is 0 Å². The molecule has 0 rings (SSSR count). The Morgan fingerprint density at radius 1 is 1.26 bits per heavy atom. The largest absolute Gasteiger partial charge is 0.340 e. The zero-order chi connectivity index (χ0) is 14.8. The van der Waals surface area contributed by atoms with E-state index in [4.69, 9.17) is 12.2 Å². The van der Waals surface area contributed by atoms with Crippen LogP contribution in [-0.4, -0.2) is 54.5 Å². The molecule has 1 amide bonds. The number of likely N-dealkylation sites (N-methyl/N-ethyl adjacent to an activating group) is 1. The predicted octanol–water partition coefficient (Wildman–Crippen LogP) is 1.16. The summed E-state index contributed by atoms with van der Waals surface area (Å²) in [7, 11) is 0. The molecular formula is C15H29N3O. The molecule has 1 atom stereocenters. The maximum absolute atomic E-state index is 12.2.